The Labute approximate surface area is 108 Å². The third-order valence-electron chi connectivity index (χ3n) is 2.17. The SMILES string of the molecule is CNC(=O)CNS(=O)(=O)c1ccc(C(=O)O)cc1F. The van der Waals surface area contributed by atoms with Crippen LogP contribution < -0.4 is 10.0 Å². The summed E-state index contributed by atoms with van der Waals surface area (Å²) in [6.45, 7) is -0.543. The van der Waals surface area contributed by atoms with Gasteiger partial charge in [0.05, 0.1) is 12.1 Å². The third kappa shape index (κ3) is 3.73. The van der Waals surface area contributed by atoms with Gasteiger partial charge in [0.25, 0.3) is 0 Å². The normalized spacial score (nSPS) is 11.1. The van der Waals surface area contributed by atoms with Crippen LogP contribution in [0.1, 0.15) is 10.4 Å². The molecule has 0 spiro atoms. The summed E-state index contributed by atoms with van der Waals surface area (Å²) < 4.78 is 38.8. The fourth-order valence-electron chi connectivity index (χ4n) is 1.18. The van der Waals surface area contributed by atoms with Crippen LogP contribution in [0.25, 0.3) is 0 Å². The molecule has 0 saturated carbocycles. The zero-order valence-corrected chi connectivity index (χ0v) is 10.6. The molecule has 1 aromatic carbocycles. The first-order valence-corrected chi connectivity index (χ1v) is 6.49. The molecule has 0 unspecified atom stereocenters. The Morgan fingerprint density at radius 2 is 2.00 bits per heavy atom. The van der Waals surface area contributed by atoms with Gasteiger partial charge in [0.2, 0.25) is 15.9 Å². The van der Waals surface area contributed by atoms with Gasteiger partial charge in [-0.3, -0.25) is 4.79 Å². The van der Waals surface area contributed by atoms with E-state index in [2.05, 4.69) is 5.32 Å². The molecule has 3 N–H and O–H groups in total. The lowest BCUT2D eigenvalue weighted by Gasteiger charge is -2.07. The highest BCUT2D eigenvalue weighted by Crippen LogP contribution is 2.15. The summed E-state index contributed by atoms with van der Waals surface area (Å²) in [5.74, 6) is -3.17. The second-order valence-electron chi connectivity index (χ2n) is 3.45. The molecule has 19 heavy (non-hydrogen) atoms. The number of hydrogen-bond donors (Lipinski definition) is 3. The Balaban J connectivity index is 3.02. The molecule has 0 atom stereocenters. The largest absolute Gasteiger partial charge is 0.478 e. The van der Waals surface area contributed by atoms with Gasteiger partial charge in [-0.1, -0.05) is 0 Å². The number of carboxylic acid groups (broad SMARTS) is 1. The van der Waals surface area contributed by atoms with Crippen LogP contribution in [-0.2, 0) is 14.8 Å². The lowest BCUT2D eigenvalue weighted by atomic mass is 10.2. The summed E-state index contributed by atoms with van der Waals surface area (Å²) in [6.07, 6.45) is 0. The van der Waals surface area contributed by atoms with E-state index in [4.69, 9.17) is 5.11 Å². The summed E-state index contributed by atoms with van der Waals surface area (Å²) in [5, 5.41) is 10.8. The minimum atomic E-state index is -4.22. The molecule has 1 rings (SSSR count). The number of aromatic carboxylic acids is 1. The average molecular weight is 290 g/mol. The van der Waals surface area contributed by atoms with Crippen LogP contribution in [0.5, 0.6) is 0 Å². The van der Waals surface area contributed by atoms with Gasteiger partial charge in [0, 0.05) is 7.05 Å². The molecule has 0 aliphatic rings. The number of nitrogens with one attached hydrogen (secondary N) is 2. The van der Waals surface area contributed by atoms with Crippen LogP contribution in [-0.4, -0.2) is 39.0 Å². The maximum atomic E-state index is 13.5. The Kier molecular flexibility index (Phi) is 4.57. The topological polar surface area (TPSA) is 113 Å². The van der Waals surface area contributed by atoms with Crippen molar-refractivity contribution in [2.75, 3.05) is 13.6 Å². The van der Waals surface area contributed by atoms with Crippen molar-refractivity contribution in [2.24, 2.45) is 0 Å². The van der Waals surface area contributed by atoms with Crippen molar-refractivity contribution in [1.29, 1.82) is 0 Å². The summed E-state index contributed by atoms with van der Waals surface area (Å²) >= 11 is 0. The van der Waals surface area contributed by atoms with E-state index >= 15 is 0 Å². The van der Waals surface area contributed by atoms with E-state index in [0.717, 1.165) is 12.1 Å². The first kappa shape index (κ1) is 15.1. The predicted octanol–water partition coefficient (Wildman–Crippen LogP) is -0.452. The van der Waals surface area contributed by atoms with E-state index in [9.17, 15) is 22.4 Å². The molecular formula is C10H11FN2O5S. The van der Waals surface area contributed by atoms with E-state index in [-0.39, 0.29) is 5.56 Å². The number of sulfonamides is 1. The minimum Gasteiger partial charge on any atom is -0.478 e. The lowest BCUT2D eigenvalue weighted by molar-refractivity contribution is -0.119. The summed E-state index contributed by atoms with van der Waals surface area (Å²) in [7, 11) is -2.90. The number of carbonyl (C=O) groups excluding carboxylic acids is 1. The van der Waals surface area contributed by atoms with E-state index in [1.54, 1.807) is 0 Å². The second kappa shape index (κ2) is 5.76. The number of likely N-dealkylation sites (N-methyl/N-ethyl adjacent to an activating group) is 1. The maximum Gasteiger partial charge on any atom is 0.335 e. The molecule has 0 heterocycles. The van der Waals surface area contributed by atoms with Crippen molar-refractivity contribution in [3.8, 4) is 0 Å². The van der Waals surface area contributed by atoms with Gasteiger partial charge >= 0.3 is 5.97 Å². The van der Waals surface area contributed by atoms with Crippen LogP contribution in [0.3, 0.4) is 0 Å². The molecule has 1 amide bonds. The van der Waals surface area contributed by atoms with Crippen LogP contribution in [0, 0.1) is 5.82 Å². The fourth-order valence-corrected chi connectivity index (χ4v) is 2.22. The van der Waals surface area contributed by atoms with E-state index in [1.807, 2.05) is 4.72 Å². The highest BCUT2D eigenvalue weighted by molar-refractivity contribution is 7.89. The standard InChI is InChI=1S/C10H11FN2O5S/c1-12-9(14)5-13-19(17,18)8-3-2-6(10(15)16)4-7(8)11/h2-4,13H,5H2,1H3,(H,12,14)(H,15,16). The van der Waals surface area contributed by atoms with Crippen LogP contribution in [0.4, 0.5) is 4.39 Å². The molecule has 0 saturated heterocycles. The Morgan fingerprint density at radius 1 is 1.37 bits per heavy atom. The van der Waals surface area contributed by atoms with Crippen molar-refractivity contribution < 1.29 is 27.5 Å². The quantitative estimate of drug-likeness (QED) is 0.679. The van der Waals surface area contributed by atoms with E-state index < -0.39 is 39.2 Å². The first-order chi connectivity index (χ1) is 8.77. The van der Waals surface area contributed by atoms with Crippen LogP contribution in [0.2, 0.25) is 0 Å². The zero-order valence-electron chi connectivity index (χ0n) is 9.81. The number of benzene rings is 1. The average Bonchev–Trinajstić information content (AvgIpc) is 2.35. The molecule has 0 aromatic heterocycles. The molecular weight excluding hydrogens is 279 g/mol. The number of carbonyl (C=O) groups is 2. The fraction of sp³-hybridized carbons (Fsp3) is 0.200. The molecule has 9 heteroatoms. The summed E-state index contributed by atoms with van der Waals surface area (Å²) in [5.41, 5.74) is -0.372. The monoisotopic (exact) mass is 290 g/mol. The van der Waals surface area contributed by atoms with Crippen molar-refractivity contribution in [1.82, 2.24) is 10.0 Å². The highest BCUT2D eigenvalue weighted by Gasteiger charge is 2.20. The maximum absolute atomic E-state index is 13.5. The predicted molar refractivity (Wildman–Crippen MR) is 62.6 cm³/mol. The molecule has 0 bridgehead atoms. The number of halogens is 1. The number of amides is 1. The van der Waals surface area contributed by atoms with Crippen molar-refractivity contribution in [2.45, 2.75) is 4.90 Å². The summed E-state index contributed by atoms with van der Waals surface area (Å²) in [6, 6.07) is 2.38. The van der Waals surface area contributed by atoms with E-state index in [0.29, 0.717) is 6.07 Å². The van der Waals surface area contributed by atoms with Crippen molar-refractivity contribution >= 4 is 21.9 Å². The molecule has 7 nitrogen and oxygen atoms in total. The third-order valence-corrected chi connectivity index (χ3v) is 3.60. The van der Waals surface area contributed by atoms with Crippen molar-refractivity contribution in [3.05, 3.63) is 29.6 Å². The summed E-state index contributed by atoms with van der Waals surface area (Å²) in [4.78, 5) is 20.8. The molecule has 0 radical (unpaired) electrons. The van der Waals surface area contributed by atoms with Crippen LogP contribution in [0.15, 0.2) is 23.1 Å². The molecule has 0 fully saturated rings. The van der Waals surface area contributed by atoms with Gasteiger partial charge in [-0.2, -0.15) is 0 Å². The molecule has 0 aliphatic heterocycles. The Hall–Kier alpha value is -2.00. The highest BCUT2D eigenvalue weighted by atomic mass is 32.2. The molecule has 1 aromatic rings. The van der Waals surface area contributed by atoms with Gasteiger partial charge in [0.1, 0.15) is 10.7 Å². The minimum absolute atomic E-state index is 0.372. The van der Waals surface area contributed by atoms with Gasteiger partial charge in [-0.05, 0) is 18.2 Å². The Morgan fingerprint density at radius 3 is 2.47 bits per heavy atom. The van der Waals surface area contributed by atoms with Gasteiger partial charge in [0.15, 0.2) is 0 Å². The molecule has 0 aliphatic carbocycles. The van der Waals surface area contributed by atoms with Gasteiger partial charge < -0.3 is 10.4 Å². The second-order valence-corrected chi connectivity index (χ2v) is 5.18. The first-order valence-electron chi connectivity index (χ1n) is 5.01. The van der Waals surface area contributed by atoms with Crippen molar-refractivity contribution in [3.63, 3.8) is 0 Å². The Bertz CT molecular complexity index is 614. The zero-order chi connectivity index (χ0) is 14.6. The van der Waals surface area contributed by atoms with Crippen LogP contribution >= 0.6 is 0 Å². The van der Waals surface area contributed by atoms with Gasteiger partial charge in [-0.15, -0.1) is 0 Å². The number of carboxylic acids is 1. The number of hydrogen-bond acceptors (Lipinski definition) is 4. The lowest BCUT2D eigenvalue weighted by Crippen LogP contribution is -2.35. The molecule has 104 valence electrons. The smallest absolute Gasteiger partial charge is 0.335 e. The number of rotatable bonds is 5. The van der Waals surface area contributed by atoms with E-state index in [1.165, 1.54) is 7.05 Å². The van der Waals surface area contributed by atoms with Gasteiger partial charge in [-0.25, -0.2) is 22.3 Å².